The molecule has 0 fully saturated rings. The normalized spacial score (nSPS) is 14.3. The van der Waals surface area contributed by atoms with Crippen LogP contribution in [-0.2, 0) is 4.79 Å². The number of rotatable bonds is 4. The van der Waals surface area contributed by atoms with Crippen molar-refractivity contribution in [1.29, 1.82) is 0 Å². The summed E-state index contributed by atoms with van der Waals surface area (Å²) in [6.45, 7) is 0.660. The van der Waals surface area contributed by atoms with Crippen LogP contribution in [0.1, 0.15) is 22.3 Å². The molecule has 1 aliphatic carbocycles. The van der Waals surface area contributed by atoms with E-state index in [0.29, 0.717) is 24.2 Å². The number of allylic oxidation sites excluding steroid dienone is 1. The van der Waals surface area contributed by atoms with Crippen LogP contribution in [0.4, 0.5) is 0 Å². The van der Waals surface area contributed by atoms with Gasteiger partial charge in [0.2, 0.25) is 11.6 Å². The van der Waals surface area contributed by atoms with E-state index in [1.807, 2.05) is 6.07 Å². The summed E-state index contributed by atoms with van der Waals surface area (Å²) >= 11 is 0. The highest BCUT2D eigenvalue weighted by molar-refractivity contribution is 6.50. The van der Waals surface area contributed by atoms with Gasteiger partial charge in [0.05, 0.1) is 0 Å². The van der Waals surface area contributed by atoms with Gasteiger partial charge < -0.3 is 10.4 Å². The van der Waals surface area contributed by atoms with Gasteiger partial charge in [0.25, 0.3) is 0 Å². The van der Waals surface area contributed by atoms with Crippen LogP contribution in [0.3, 0.4) is 0 Å². The lowest BCUT2D eigenvalue weighted by molar-refractivity contribution is -0.111. The highest BCUT2D eigenvalue weighted by Crippen LogP contribution is 2.22. The number of aliphatic hydroxyl groups is 1. The average molecular weight is 231 g/mol. The molecule has 0 saturated carbocycles. The fraction of sp³-hybridized carbons (Fsp3) is 0.231. The average Bonchev–Trinajstić information content (AvgIpc) is 2.36. The number of nitrogens with one attached hydrogen (secondary N) is 1. The van der Waals surface area contributed by atoms with E-state index < -0.39 is 11.6 Å². The SMILES string of the molecule is O=C1C=C(NCCCO)c2ccccc2C1=O. The predicted octanol–water partition coefficient (Wildman–Crippen LogP) is 0.765. The van der Waals surface area contributed by atoms with Crippen LogP contribution in [0.25, 0.3) is 5.70 Å². The number of benzene rings is 1. The van der Waals surface area contributed by atoms with E-state index >= 15 is 0 Å². The first kappa shape index (κ1) is 11.5. The van der Waals surface area contributed by atoms with Gasteiger partial charge in [0.1, 0.15) is 0 Å². The number of ketones is 2. The molecule has 0 saturated heterocycles. The quantitative estimate of drug-likeness (QED) is 0.593. The second-order valence-electron chi connectivity index (χ2n) is 3.80. The minimum atomic E-state index is -0.504. The predicted molar refractivity (Wildman–Crippen MR) is 63.5 cm³/mol. The number of Topliss-reactive ketones (excluding diaryl/α,β-unsaturated/α-hetero) is 1. The molecule has 0 amide bonds. The second kappa shape index (κ2) is 4.93. The molecule has 0 unspecified atom stereocenters. The lowest BCUT2D eigenvalue weighted by Crippen LogP contribution is -2.25. The maximum absolute atomic E-state index is 11.6. The molecule has 0 heterocycles. The third-order valence-electron chi connectivity index (χ3n) is 2.61. The van der Waals surface area contributed by atoms with E-state index in [1.165, 1.54) is 6.08 Å². The van der Waals surface area contributed by atoms with E-state index in [9.17, 15) is 9.59 Å². The first-order valence-corrected chi connectivity index (χ1v) is 5.48. The molecule has 17 heavy (non-hydrogen) atoms. The zero-order valence-corrected chi connectivity index (χ0v) is 9.27. The molecule has 0 aromatic heterocycles. The van der Waals surface area contributed by atoms with Crippen LogP contribution >= 0.6 is 0 Å². The lowest BCUT2D eigenvalue weighted by atomic mass is 9.93. The highest BCUT2D eigenvalue weighted by atomic mass is 16.3. The van der Waals surface area contributed by atoms with Crippen molar-refractivity contribution in [3.05, 3.63) is 41.5 Å². The van der Waals surface area contributed by atoms with Crippen molar-refractivity contribution in [2.75, 3.05) is 13.2 Å². The molecule has 88 valence electrons. The van der Waals surface area contributed by atoms with E-state index in [0.717, 1.165) is 5.56 Å². The third-order valence-corrected chi connectivity index (χ3v) is 2.61. The number of carbonyl (C=O) groups is 2. The molecule has 0 spiro atoms. The number of aliphatic hydroxyl groups excluding tert-OH is 1. The molecular weight excluding hydrogens is 218 g/mol. The van der Waals surface area contributed by atoms with Crippen molar-refractivity contribution < 1.29 is 14.7 Å². The minimum absolute atomic E-state index is 0.0921. The van der Waals surface area contributed by atoms with Gasteiger partial charge in [-0.05, 0) is 6.42 Å². The van der Waals surface area contributed by atoms with Crippen LogP contribution < -0.4 is 5.32 Å². The summed E-state index contributed by atoms with van der Waals surface area (Å²) in [7, 11) is 0. The standard InChI is InChI=1S/C13H13NO3/c15-7-3-6-14-11-8-12(16)13(17)10-5-2-1-4-9(10)11/h1-2,4-5,8,14-15H,3,6-7H2. The van der Waals surface area contributed by atoms with Gasteiger partial charge in [-0.25, -0.2) is 0 Å². The fourth-order valence-corrected chi connectivity index (χ4v) is 1.77. The molecule has 2 rings (SSSR count). The van der Waals surface area contributed by atoms with E-state index in [1.54, 1.807) is 18.2 Å². The minimum Gasteiger partial charge on any atom is -0.396 e. The summed E-state index contributed by atoms with van der Waals surface area (Å²) in [6, 6.07) is 7.01. The molecule has 4 heteroatoms. The molecule has 0 aliphatic heterocycles. The van der Waals surface area contributed by atoms with E-state index in [4.69, 9.17) is 5.11 Å². The first-order chi connectivity index (χ1) is 8.24. The Bertz CT molecular complexity index is 491. The van der Waals surface area contributed by atoms with Crippen LogP contribution in [0, 0.1) is 0 Å². The Morgan fingerprint density at radius 1 is 1.12 bits per heavy atom. The first-order valence-electron chi connectivity index (χ1n) is 5.48. The van der Waals surface area contributed by atoms with Gasteiger partial charge in [-0.1, -0.05) is 24.3 Å². The third kappa shape index (κ3) is 2.26. The molecule has 4 nitrogen and oxygen atoms in total. The summed E-state index contributed by atoms with van der Waals surface area (Å²) in [5, 5.41) is 11.8. The van der Waals surface area contributed by atoms with E-state index in [2.05, 4.69) is 5.32 Å². The Morgan fingerprint density at radius 2 is 1.82 bits per heavy atom. The summed E-state index contributed by atoms with van der Waals surface area (Å²) in [6.07, 6.45) is 1.92. The topological polar surface area (TPSA) is 66.4 Å². The highest BCUT2D eigenvalue weighted by Gasteiger charge is 2.24. The Hall–Kier alpha value is -1.94. The van der Waals surface area contributed by atoms with Crippen LogP contribution in [0.2, 0.25) is 0 Å². The monoisotopic (exact) mass is 231 g/mol. The molecular formula is C13H13NO3. The van der Waals surface area contributed by atoms with E-state index in [-0.39, 0.29) is 6.61 Å². The van der Waals surface area contributed by atoms with Crippen LogP contribution in [0.5, 0.6) is 0 Å². The van der Waals surface area contributed by atoms with Gasteiger partial charge in [0, 0.05) is 36.1 Å². The Labute approximate surface area is 99.0 Å². The van der Waals surface area contributed by atoms with Gasteiger partial charge in [-0.3, -0.25) is 9.59 Å². The molecule has 1 aliphatic rings. The van der Waals surface area contributed by atoms with Crippen molar-refractivity contribution in [1.82, 2.24) is 5.32 Å². The smallest absolute Gasteiger partial charge is 0.233 e. The lowest BCUT2D eigenvalue weighted by Gasteiger charge is -2.17. The van der Waals surface area contributed by atoms with Crippen LogP contribution in [0.15, 0.2) is 30.3 Å². The fourth-order valence-electron chi connectivity index (χ4n) is 1.77. The Morgan fingerprint density at radius 3 is 2.53 bits per heavy atom. The molecule has 1 aromatic carbocycles. The van der Waals surface area contributed by atoms with Crippen molar-refractivity contribution >= 4 is 17.3 Å². The summed E-state index contributed by atoms with van der Waals surface area (Å²) in [4.78, 5) is 23.1. The molecule has 0 atom stereocenters. The maximum Gasteiger partial charge on any atom is 0.233 e. The van der Waals surface area contributed by atoms with Crippen molar-refractivity contribution in [2.45, 2.75) is 6.42 Å². The molecule has 1 aromatic rings. The van der Waals surface area contributed by atoms with Gasteiger partial charge in [0.15, 0.2) is 0 Å². The number of carbonyl (C=O) groups excluding carboxylic acids is 2. The van der Waals surface area contributed by atoms with Crippen molar-refractivity contribution in [3.8, 4) is 0 Å². The van der Waals surface area contributed by atoms with Crippen molar-refractivity contribution in [3.63, 3.8) is 0 Å². The zero-order chi connectivity index (χ0) is 12.3. The Balaban J connectivity index is 2.29. The van der Waals surface area contributed by atoms with Crippen LogP contribution in [-0.4, -0.2) is 29.8 Å². The van der Waals surface area contributed by atoms with Gasteiger partial charge >= 0.3 is 0 Å². The zero-order valence-electron chi connectivity index (χ0n) is 9.27. The molecule has 2 N–H and O–H groups in total. The maximum atomic E-state index is 11.6. The number of fused-ring (bicyclic) bond motifs is 1. The molecule has 0 bridgehead atoms. The summed E-state index contributed by atoms with van der Waals surface area (Å²) in [5.74, 6) is -0.969. The largest absolute Gasteiger partial charge is 0.396 e. The summed E-state index contributed by atoms with van der Waals surface area (Å²) < 4.78 is 0. The van der Waals surface area contributed by atoms with Gasteiger partial charge in [-0.2, -0.15) is 0 Å². The Kier molecular flexibility index (Phi) is 3.35. The van der Waals surface area contributed by atoms with Gasteiger partial charge in [-0.15, -0.1) is 0 Å². The van der Waals surface area contributed by atoms with Crippen molar-refractivity contribution in [2.24, 2.45) is 0 Å². The molecule has 0 radical (unpaired) electrons. The summed E-state index contributed by atoms with van der Waals surface area (Å²) in [5.41, 5.74) is 1.83. The second-order valence-corrected chi connectivity index (χ2v) is 3.80. The number of hydrogen-bond acceptors (Lipinski definition) is 4. The number of hydrogen-bond donors (Lipinski definition) is 2.